The first kappa shape index (κ1) is 27.3. The lowest BCUT2D eigenvalue weighted by atomic mass is 9.76. The van der Waals surface area contributed by atoms with Gasteiger partial charge in [-0.2, -0.15) is 13.2 Å². The molecule has 0 radical (unpaired) electrons. The molecule has 3 nitrogen and oxygen atoms in total. The van der Waals surface area contributed by atoms with Crippen LogP contribution in [-0.4, -0.2) is 29.1 Å². The van der Waals surface area contributed by atoms with E-state index >= 15 is 0 Å². The van der Waals surface area contributed by atoms with Crippen LogP contribution in [0.15, 0.2) is 60.7 Å². The van der Waals surface area contributed by atoms with Crippen LogP contribution in [0.1, 0.15) is 73.2 Å². The number of benzene rings is 3. The van der Waals surface area contributed by atoms with Gasteiger partial charge >= 0.3 is 12.1 Å². The van der Waals surface area contributed by atoms with Gasteiger partial charge in [0.1, 0.15) is 0 Å². The number of aliphatic carboxylic acids is 1. The summed E-state index contributed by atoms with van der Waals surface area (Å²) in [6, 6.07) is 13.5. The molecule has 0 spiro atoms. The molecule has 0 bridgehead atoms. The van der Waals surface area contributed by atoms with Crippen molar-refractivity contribution >= 4 is 5.97 Å². The van der Waals surface area contributed by atoms with Crippen LogP contribution in [0.3, 0.4) is 0 Å². The molecule has 0 aromatic heterocycles. The Balaban J connectivity index is 1.71. The van der Waals surface area contributed by atoms with E-state index in [0.29, 0.717) is 40.7 Å². The van der Waals surface area contributed by atoms with Crippen LogP contribution in [0, 0.1) is 11.6 Å². The molecular formula is C31H30F5NO2. The number of halogens is 5. The van der Waals surface area contributed by atoms with Crippen molar-refractivity contribution in [2.45, 2.75) is 62.6 Å². The highest BCUT2D eigenvalue weighted by molar-refractivity contribution is 5.83. The van der Waals surface area contributed by atoms with Gasteiger partial charge in [0.05, 0.1) is 17.0 Å². The highest BCUT2D eigenvalue weighted by Crippen LogP contribution is 2.45. The SMILES string of the molecule is O=C(O)C1(c2ccc(C(c3ccc(F)c(F)c3)N3CCCCC3)c(-c3ccc(C(F)(F)F)cc3)c2)CCCC1. The molecule has 1 saturated carbocycles. The molecule has 3 aromatic rings. The number of hydrogen-bond acceptors (Lipinski definition) is 2. The first-order valence-corrected chi connectivity index (χ1v) is 13.3. The topological polar surface area (TPSA) is 40.5 Å². The normalized spacial score (nSPS) is 18.7. The minimum absolute atomic E-state index is 0.479. The van der Waals surface area contributed by atoms with Crippen molar-refractivity contribution in [3.63, 3.8) is 0 Å². The Bertz CT molecular complexity index is 1340. The van der Waals surface area contributed by atoms with Crippen molar-refractivity contribution < 1.29 is 31.9 Å². The smallest absolute Gasteiger partial charge is 0.416 e. The lowest BCUT2D eigenvalue weighted by molar-refractivity contribution is -0.143. The summed E-state index contributed by atoms with van der Waals surface area (Å²) in [5, 5.41) is 10.2. The van der Waals surface area contributed by atoms with Gasteiger partial charge in [-0.25, -0.2) is 8.78 Å². The van der Waals surface area contributed by atoms with E-state index in [1.165, 1.54) is 24.3 Å². The van der Waals surface area contributed by atoms with Crippen LogP contribution < -0.4 is 0 Å². The standard InChI is InChI=1S/C31H30F5NO2/c32-26-13-8-21(18-27(26)33)28(37-16-4-1-5-17-37)24-12-11-23(30(29(38)39)14-2-3-15-30)19-25(24)20-6-9-22(10-7-20)31(34,35)36/h6-13,18-19,28H,1-5,14-17H2,(H,38,39). The van der Waals surface area contributed by atoms with Gasteiger partial charge in [-0.05, 0) is 96.9 Å². The molecule has 1 aliphatic carbocycles. The summed E-state index contributed by atoms with van der Waals surface area (Å²) in [5.41, 5.74) is 1.10. The fraction of sp³-hybridized carbons (Fsp3) is 0.387. The number of rotatable bonds is 6. The number of piperidine rings is 1. The summed E-state index contributed by atoms with van der Waals surface area (Å²) < 4.78 is 68.3. The second kappa shape index (κ2) is 10.7. The van der Waals surface area contributed by atoms with E-state index < -0.39 is 40.8 Å². The Kier molecular flexibility index (Phi) is 7.51. The molecule has 0 amide bonds. The number of hydrogen-bond donors (Lipinski definition) is 1. The van der Waals surface area contributed by atoms with Crippen LogP contribution in [0.4, 0.5) is 22.0 Å². The predicted octanol–water partition coefficient (Wildman–Crippen LogP) is 8.12. The molecule has 1 aliphatic heterocycles. The van der Waals surface area contributed by atoms with Crippen LogP contribution in [0.25, 0.3) is 11.1 Å². The second-order valence-corrected chi connectivity index (χ2v) is 10.6. The predicted molar refractivity (Wildman–Crippen MR) is 138 cm³/mol. The van der Waals surface area contributed by atoms with Crippen molar-refractivity contribution in [1.29, 1.82) is 0 Å². The second-order valence-electron chi connectivity index (χ2n) is 10.6. The van der Waals surface area contributed by atoms with Crippen LogP contribution in [-0.2, 0) is 16.4 Å². The van der Waals surface area contributed by atoms with Crippen molar-refractivity contribution in [2.24, 2.45) is 0 Å². The summed E-state index contributed by atoms with van der Waals surface area (Å²) in [5.74, 6) is -2.85. The zero-order valence-corrected chi connectivity index (χ0v) is 21.4. The third kappa shape index (κ3) is 5.31. The Morgan fingerprint density at radius 1 is 0.821 bits per heavy atom. The molecule has 1 atom stereocenters. The Hall–Kier alpha value is -3.26. The Morgan fingerprint density at radius 2 is 1.49 bits per heavy atom. The van der Waals surface area contributed by atoms with Gasteiger partial charge < -0.3 is 5.11 Å². The average Bonchev–Trinajstić information content (AvgIpc) is 3.43. The first-order chi connectivity index (χ1) is 18.6. The van der Waals surface area contributed by atoms with Gasteiger partial charge in [-0.15, -0.1) is 0 Å². The molecule has 1 saturated heterocycles. The van der Waals surface area contributed by atoms with Gasteiger partial charge in [0.2, 0.25) is 0 Å². The molecule has 2 aliphatic rings. The largest absolute Gasteiger partial charge is 0.481 e. The summed E-state index contributed by atoms with van der Waals surface area (Å²) in [6.07, 6.45) is 0.908. The van der Waals surface area contributed by atoms with Crippen LogP contribution in [0.5, 0.6) is 0 Å². The van der Waals surface area contributed by atoms with Crippen molar-refractivity contribution in [3.05, 3.63) is 94.6 Å². The maximum absolute atomic E-state index is 14.4. The number of carboxylic acid groups (broad SMARTS) is 1. The summed E-state index contributed by atoms with van der Waals surface area (Å²) in [4.78, 5) is 14.7. The van der Waals surface area contributed by atoms with Crippen molar-refractivity contribution in [1.82, 2.24) is 4.90 Å². The molecule has 1 heterocycles. The number of nitrogens with zero attached hydrogens (tertiary/aromatic N) is 1. The number of carbonyl (C=O) groups is 1. The summed E-state index contributed by atoms with van der Waals surface area (Å²) >= 11 is 0. The fourth-order valence-electron chi connectivity index (χ4n) is 6.23. The van der Waals surface area contributed by atoms with Gasteiger partial charge in [0, 0.05) is 0 Å². The number of alkyl halides is 3. The lowest BCUT2D eigenvalue weighted by Crippen LogP contribution is -2.35. The maximum Gasteiger partial charge on any atom is 0.416 e. The molecule has 206 valence electrons. The first-order valence-electron chi connectivity index (χ1n) is 13.3. The Morgan fingerprint density at radius 3 is 2.08 bits per heavy atom. The van der Waals surface area contributed by atoms with Gasteiger partial charge in [0.25, 0.3) is 0 Å². The minimum Gasteiger partial charge on any atom is -0.481 e. The third-order valence-electron chi connectivity index (χ3n) is 8.31. The average molecular weight is 544 g/mol. The lowest BCUT2D eigenvalue weighted by Gasteiger charge is -2.37. The van der Waals surface area contributed by atoms with E-state index in [9.17, 15) is 31.9 Å². The van der Waals surface area contributed by atoms with E-state index in [0.717, 1.165) is 63.4 Å². The van der Waals surface area contributed by atoms with Crippen molar-refractivity contribution in [3.8, 4) is 11.1 Å². The van der Waals surface area contributed by atoms with E-state index in [2.05, 4.69) is 4.90 Å². The van der Waals surface area contributed by atoms with E-state index in [4.69, 9.17) is 0 Å². The van der Waals surface area contributed by atoms with Crippen LogP contribution in [0.2, 0.25) is 0 Å². The summed E-state index contributed by atoms with van der Waals surface area (Å²) in [7, 11) is 0. The monoisotopic (exact) mass is 543 g/mol. The van der Waals surface area contributed by atoms with Crippen molar-refractivity contribution in [2.75, 3.05) is 13.1 Å². The molecule has 5 rings (SSSR count). The van der Waals surface area contributed by atoms with E-state index in [1.807, 2.05) is 6.07 Å². The molecule has 1 N–H and O–H groups in total. The number of carboxylic acids is 1. The number of likely N-dealkylation sites (tertiary alicyclic amines) is 1. The molecule has 39 heavy (non-hydrogen) atoms. The van der Waals surface area contributed by atoms with E-state index in [1.54, 1.807) is 12.1 Å². The highest BCUT2D eigenvalue weighted by atomic mass is 19.4. The fourth-order valence-corrected chi connectivity index (χ4v) is 6.23. The quantitative estimate of drug-likeness (QED) is 0.319. The zero-order chi connectivity index (χ0) is 27.8. The maximum atomic E-state index is 14.4. The van der Waals surface area contributed by atoms with Gasteiger partial charge in [-0.3, -0.25) is 9.69 Å². The summed E-state index contributed by atoms with van der Waals surface area (Å²) in [6.45, 7) is 1.44. The molecule has 8 heteroatoms. The van der Waals surface area contributed by atoms with Crippen LogP contribution >= 0.6 is 0 Å². The zero-order valence-electron chi connectivity index (χ0n) is 21.4. The molecular weight excluding hydrogens is 513 g/mol. The molecule has 2 fully saturated rings. The minimum atomic E-state index is -4.50. The molecule has 1 unspecified atom stereocenters. The van der Waals surface area contributed by atoms with Gasteiger partial charge in [-0.1, -0.05) is 49.6 Å². The van der Waals surface area contributed by atoms with E-state index in [-0.39, 0.29) is 0 Å². The third-order valence-corrected chi connectivity index (χ3v) is 8.31. The molecule has 3 aromatic carbocycles. The highest BCUT2D eigenvalue weighted by Gasteiger charge is 2.43. The Labute approximate surface area is 224 Å². The van der Waals surface area contributed by atoms with Gasteiger partial charge in [0.15, 0.2) is 11.6 Å².